The average Bonchev–Trinajstić information content (AvgIpc) is 3.39. The number of fused-ring (bicyclic) bond motifs is 1. The summed E-state index contributed by atoms with van der Waals surface area (Å²) in [7, 11) is 0. The zero-order valence-corrected chi connectivity index (χ0v) is 15.6. The van der Waals surface area contributed by atoms with E-state index in [1.807, 2.05) is 0 Å². The van der Waals surface area contributed by atoms with E-state index in [2.05, 4.69) is 17.2 Å². The molecule has 0 amide bonds. The topological polar surface area (TPSA) is 85.2 Å². The monoisotopic (exact) mass is 368 g/mol. The normalized spacial score (nSPS) is 49.8. The van der Waals surface area contributed by atoms with Gasteiger partial charge in [-0.1, -0.05) is 6.92 Å². The number of rotatable bonds is 2. The summed E-state index contributed by atoms with van der Waals surface area (Å²) in [5.41, 5.74) is -0.142. The molecule has 6 nitrogen and oxygen atoms in total. The van der Waals surface area contributed by atoms with Gasteiger partial charge in [0, 0.05) is 24.2 Å². The van der Waals surface area contributed by atoms with Gasteiger partial charge in [-0.15, -0.1) is 0 Å². The summed E-state index contributed by atoms with van der Waals surface area (Å²) < 4.78 is 6.31. The maximum atomic E-state index is 13.2. The fourth-order valence-electron chi connectivity index (χ4n) is 7.87. The molecule has 2 heterocycles. The summed E-state index contributed by atoms with van der Waals surface area (Å²) in [4.78, 5) is 38.0. The van der Waals surface area contributed by atoms with Gasteiger partial charge in [-0.05, 0) is 62.0 Å². The van der Waals surface area contributed by atoms with Crippen molar-refractivity contribution in [2.24, 2.45) is 38.8 Å². The number of hydrogen-bond acceptors (Lipinski definition) is 6. The molecule has 0 aromatic carbocycles. The van der Waals surface area contributed by atoms with Gasteiger partial charge in [0.15, 0.2) is 11.6 Å². The number of esters is 1. The number of ketones is 2. The summed E-state index contributed by atoms with van der Waals surface area (Å²) in [6, 6.07) is 0. The van der Waals surface area contributed by atoms with Crippen molar-refractivity contribution in [3.05, 3.63) is 11.6 Å². The Balaban J connectivity index is 1.43. The van der Waals surface area contributed by atoms with Crippen LogP contribution in [0.2, 0.25) is 0 Å². The molecule has 4 aliphatic carbocycles. The van der Waals surface area contributed by atoms with E-state index in [0.29, 0.717) is 12.8 Å². The maximum absolute atomic E-state index is 13.2. The first-order valence-electron chi connectivity index (χ1n) is 10.3. The van der Waals surface area contributed by atoms with Crippen molar-refractivity contribution in [2.45, 2.75) is 70.1 Å². The Morgan fingerprint density at radius 1 is 1.07 bits per heavy atom. The van der Waals surface area contributed by atoms with E-state index in [1.54, 1.807) is 6.08 Å². The summed E-state index contributed by atoms with van der Waals surface area (Å²) in [5, 5.41) is 7.73. The number of Topliss-reactive ketones (excluding diaryl/α,β-unsaturated/α-hetero) is 1. The molecule has 3 saturated carbocycles. The van der Waals surface area contributed by atoms with E-state index in [-0.39, 0.29) is 40.7 Å². The first-order chi connectivity index (χ1) is 12.9. The first-order valence-corrected chi connectivity index (χ1v) is 10.3. The van der Waals surface area contributed by atoms with Crippen molar-refractivity contribution in [2.75, 3.05) is 0 Å². The molecule has 2 aliphatic heterocycles. The lowest BCUT2D eigenvalue weighted by atomic mass is 9.46. The predicted molar refractivity (Wildman–Crippen MR) is 93.5 cm³/mol. The lowest BCUT2D eigenvalue weighted by Crippen LogP contribution is -2.59. The van der Waals surface area contributed by atoms with Crippen molar-refractivity contribution in [1.29, 1.82) is 0 Å². The van der Waals surface area contributed by atoms with Crippen molar-refractivity contribution >= 4 is 17.5 Å². The minimum absolute atomic E-state index is 0.0297. The maximum Gasteiger partial charge on any atom is 0.317 e. The number of carbonyl (C=O) groups excluding carboxylic acids is 3. The molecule has 6 aliphatic rings. The van der Waals surface area contributed by atoms with Crippen LogP contribution in [0.1, 0.15) is 58.3 Å². The molecule has 0 radical (unpaired) electrons. The van der Waals surface area contributed by atoms with Crippen LogP contribution in [0.25, 0.3) is 0 Å². The van der Waals surface area contributed by atoms with Gasteiger partial charge < -0.3 is 4.74 Å². The SMILES string of the molecule is C[C@@]12CC[C@H]3[C@]45CCC(=O)C=C4CC[C@]3(OC5=O)[C@H]1CC[C@H]2C(=O)C1N=N1. The summed E-state index contributed by atoms with van der Waals surface area (Å²) in [6.07, 6.45) is 7.52. The van der Waals surface area contributed by atoms with E-state index in [0.717, 1.165) is 44.1 Å². The highest BCUT2D eigenvalue weighted by Crippen LogP contribution is 2.73. The fraction of sp³-hybridized carbons (Fsp3) is 0.762. The predicted octanol–water partition coefficient (Wildman–Crippen LogP) is 3.16. The van der Waals surface area contributed by atoms with E-state index < -0.39 is 17.2 Å². The molecule has 1 spiro atoms. The van der Waals surface area contributed by atoms with Crippen molar-refractivity contribution in [3.63, 3.8) is 0 Å². The smallest absolute Gasteiger partial charge is 0.317 e. The van der Waals surface area contributed by atoms with Gasteiger partial charge in [-0.3, -0.25) is 14.4 Å². The third kappa shape index (κ3) is 1.71. The van der Waals surface area contributed by atoms with Gasteiger partial charge in [0.25, 0.3) is 0 Å². The van der Waals surface area contributed by atoms with Crippen LogP contribution in [-0.2, 0) is 19.1 Å². The molecule has 27 heavy (non-hydrogen) atoms. The summed E-state index contributed by atoms with van der Waals surface area (Å²) >= 11 is 0. The Morgan fingerprint density at radius 2 is 1.89 bits per heavy atom. The first kappa shape index (κ1) is 16.1. The van der Waals surface area contributed by atoms with E-state index in [1.165, 1.54) is 0 Å². The molecule has 0 N–H and O–H groups in total. The van der Waals surface area contributed by atoms with Crippen molar-refractivity contribution in [1.82, 2.24) is 0 Å². The zero-order valence-electron chi connectivity index (χ0n) is 15.6. The van der Waals surface area contributed by atoms with Gasteiger partial charge in [-0.25, -0.2) is 0 Å². The molecule has 0 aromatic heterocycles. The van der Waals surface area contributed by atoms with Crippen LogP contribution in [0, 0.1) is 28.6 Å². The van der Waals surface area contributed by atoms with Gasteiger partial charge in [0.1, 0.15) is 5.60 Å². The number of hydrogen-bond donors (Lipinski definition) is 0. The third-order valence-corrected chi connectivity index (χ3v) is 9.02. The van der Waals surface area contributed by atoms with Crippen LogP contribution in [0.5, 0.6) is 0 Å². The lowest BCUT2D eigenvalue weighted by Gasteiger charge is -2.56. The van der Waals surface area contributed by atoms with Crippen LogP contribution < -0.4 is 0 Å². The van der Waals surface area contributed by atoms with E-state index in [9.17, 15) is 14.4 Å². The Hall–Kier alpha value is -1.85. The second-order valence-corrected chi connectivity index (χ2v) is 9.74. The average molecular weight is 368 g/mol. The van der Waals surface area contributed by atoms with Gasteiger partial charge >= 0.3 is 5.97 Å². The van der Waals surface area contributed by atoms with Crippen LogP contribution >= 0.6 is 0 Å². The molecule has 142 valence electrons. The number of ether oxygens (including phenoxy) is 1. The van der Waals surface area contributed by atoms with Gasteiger partial charge in [-0.2, -0.15) is 10.2 Å². The molecule has 0 unspecified atom stereocenters. The molecular formula is C21H24N2O4. The minimum atomic E-state index is -0.573. The number of nitrogens with zero attached hydrogens (tertiary/aromatic N) is 2. The zero-order chi connectivity index (χ0) is 18.6. The van der Waals surface area contributed by atoms with Gasteiger partial charge in [0.2, 0.25) is 6.17 Å². The minimum Gasteiger partial charge on any atom is -0.458 e. The molecule has 6 rings (SSSR count). The largest absolute Gasteiger partial charge is 0.458 e. The Labute approximate surface area is 157 Å². The second-order valence-electron chi connectivity index (χ2n) is 9.74. The highest BCUT2D eigenvalue weighted by Gasteiger charge is 2.76. The quantitative estimate of drug-likeness (QED) is 0.701. The molecule has 2 bridgehead atoms. The third-order valence-electron chi connectivity index (χ3n) is 9.02. The molecule has 6 heteroatoms. The Morgan fingerprint density at radius 3 is 2.67 bits per heavy atom. The lowest BCUT2D eigenvalue weighted by molar-refractivity contribution is -0.170. The summed E-state index contributed by atoms with van der Waals surface area (Å²) in [5.74, 6) is 0.556. The van der Waals surface area contributed by atoms with E-state index >= 15 is 0 Å². The van der Waals surface area contributed by atoms with Crippen LogP contribution in [0.4, 0.5) is 0 Å². The van der Waals surface area contributed by atoms with Crippen molar-refractivity contribution < 1.29 is 19.1 Å². The van der Waals surface area contributed by atoms with Crippen molar-refractivity contribution in [3.8, 4) is 0 Å². The molecule has 1 saturated heterocycles. The van der Waals surface area contributed by atoms with Crippen LogP contribution in [-0.4, -0.2) is 29.3 Å². The number of carbonyl (C=O) groups is 3. The standard InChI is InChI=1S/C21H24N2O4/c1-19-7-6-15-20-8-5-12(24)10-11(20)4-9-21(15,27-18(20)26)14(19)3-2-13(19)16(25)17-22-23-17/h10,13-15,17H,2-9H2,1H3/t13-,14-,15-,19-,20-,21-/m0/s1. The van der Waals surface area contributed by atoms with Crippen LogP contribution in [0.3, 0.4) is 0 Å². The molecule has 6 atom stereocenters. The second kappa shape index (κ2) is 4.76. The fourth-order valence-corrected chi connectivity index (χ4v) is 7.87. The van der Waals surface area contributed by atoms with Crippen LogP contribution in [0.15, 0.2) is 21.9 Å². The van der Waals surface area contributed by atoms with Gasteiger partial charge in [0.05, 0.1) is 5.41 Å². The Kier molecular flexibility index (Phi) is 2.84. The molecule has 0 aromatic rings. The Bertz CT molecular complexity index is 856. The highest BCUT2D eigenvalue weighted by molar-refractivity contribution is 5.96. The summed E-state index contributed by atoms with van der Waals surface area (Å²) in [6.45, 7) is 2.23. The molecular weight excluding hydrogens is 344 g/mol. The molecule has 4 fully saturated rings. The van der Waals surface area contributed by atoms with E-state index in [4.69, 9.17) is 4.74 Å². The highest BCUT2D eigenvalue weighted by atomic mass is 16.6.